The van der Waals surface area contributed by atoms with Crippen LogP contribution in [0.25, 0.3) is 10.4 Å². The molecule has 0 unspecified atom stereocenters. The summed E-state index contributed by atoms with van der Waals surface area (Å²) in [6.07, 6.45) is 0. The molecular weight excluding hydrogens is 196 g/mol. The first kappa shape index (κ1) is 9.23. The summed E-state index contributed by atoms with van der Waals surface area (Å²) in [5.41, 5.74) is 8.98. The van der Waals surface area contributed by atoms with E-state index in [1.165, 1.54) is 19.2 Å². The average Bonchev–Trinajstić information content (AvgIpc) is 2.46. The van der Waals surface area contributed by atoms with E-state index in [1.54, 1.807) is 6.07 Å². The summed E-state index contributed by atoms with van der Waals surface area (Å²) < 4.78 is 0. The van der Waals surface area contributed by atoms with Crippen LogP contribution in [-0.2, 0) is 0 Å². The van der Waals surface area contributed by atoms with Gasteiger partial charge in [-0.2, -0.15) is 0 Å². The number of imide groups is 1. The number of amides is 2. The summed E-state index contributed by atoms with van der Waals surface area (Å²) in [6.45, 7) is 0. The number of nitrogens with zero attached hydrogens (tertiary/aromatic N) is 4. The minimum atomic E-state index is -0.432. The Hall–Kier alpha value is -2.33. The molecule has 1 aliphatic heterocycles. The molecule has 0 fully saturated rings. The lowest BCUT2D eigenvalue weighted by molar-refractivity contribution is 0.0693. The van der Waals surface area contributed by atoms with Crippen LogP contribution < -0.4 is 0 Å². The van der Waals surface area contributed by atoms with Gasteiger partial charge in [-0.15, -0.1) is 0 Å². The SMILES string of the molecule is CN1C(=O)c2cccc(N=[N+]=[N-])c2C1=O. The zero-order valence-electron chi connectivity index (χ0n) is 7.84. The van der Waals surface area contributed by atoms with Crippen molar-refractivity contribution in [2.45, 2.75) is 0 Å². The highest BCUT2D eigenvalue weighted by Crippen LogP contribution is 2.30. The highest BCUT2D eigenvalue weighted by Gasteiger charge is 2.34. The van der Waals surface area contributed by atoms with Crippen molar-refractivity contribution in [3.05, 3.63) is 39.8 Å². The second-order valence-corrected chi connectivity index (χ2v) is 3.06. The lowest BCUT2D eigenvalue weighted by Crippen LogP contribution is -2.24. The summed E-state index contributed by atoms with van der Waals surface area (Å²) in [4.78, 5) is 26.8. The number of hydrogen-bond donors (Lipinski definition) is 0. The number of rotatable bonds is 1. The molecule has 0 radical (unpaired) electrons. The molecule has 1 aromatic carbocycles. The van der Waals surface area contributed by atoms with Gasteiger partial charge in [0.15, 0.2) is 0 Å². The molecular formula is C9H6N4O2. The van der Waals surface area contributed by atoms with Crippen molar-refractivity contribution in [3.63, 3.8) is 0 Å². The molecule has 0 atom stereocenters. The van der Waals surface area contributed by atoms with Crippen molar-refractivity contribution in [3.8, 4) is 0 Å². The monoisotopic (exact) mass is 202 g/mol. The molecule has 0 saturated carbocycles. The van der Waals surface area contributed by atoms with Gasteiger partial charge in [-0.05, 0) is 11.6 Å². The van der Waals surface area contributed by atoms with Gasteiger partial charge < -0.3 is 0 Å². The van der Waals surface area contributed by atoms with E-state index in [-0.39, 0.29) is 22.7 Å². The molecule has 0 N–H and O–H groups in total. The van der Waals surface area contributed by atoms with Crippen LogP contribution in [0.4, 0.5) is 5.69 Å². The molecule has 6 nitrogen and oxygen atoms in total. The van der Waals surface area contributed by atoms with Crippen LogP contribution in [0, 0.1) is 0 Å². The molecule has 0 bridgehead atoms. The maximum atomic E-state index is 11.6. The highest BCUT2D eigenvalue weighted by atomic mass is 16.2. The van der Waals surface area contributed by atoms with E-state index < -0.39 is 5.91 Å². The Bertz CT molecular complexity index is 517. The third-order valence-electron chi connectivity index (χ3n) is 2.25. The molecule has 1 heterocycles. The van der Waals surface area contributed by atoms with Crippen LogP contribution >= 0.6 is 0 Å². The zero-order valence-corrected chi connectivity index (χ0v) is 7.84. The van der Waals surface area contributed by atoms with Crippen LogP contribution in [0.3, 0.4) is 0 Å². The molecule has 0 saturated heterocycles. The van der Waals surface area contributed by atoms with E-state index in [0.717, 1.165) is 4.90 Å². The lowest BCUT2D eigenvalue weighted by Gasteiger charge is -2.03. The first-order valence-electron chi connectivity index (χ1n) is 4.17. The second-order valence-electron chi connectivity index (χ2n) is 3.06. The Morgan fingerprint density at radius 2 is 2.07 bits per heavy atom. The normalized spacial score (nSPS) is 13.8. The molecule has 15 heavy (non-hydrogen) atoms. The molecule has 6 heteroatoms. The fraction of sp³-hybridized carbons (Fsp3) is 0.111. The summed E-state index contributed by atoms with van der Waals surface area (Å²) in [7, 11) is 1.39. The van der Waals surface area contributed by atoms with Gasteiger partial charge in [0.2, 0.25) is 0 Å². The van der Waals surface area contributed by atoms with Crippen LogP contribution in [0.5, 0.6) is 0 Å². The molecule has 74 valence electrons. The third kappa shape index (κ3) is 1.16. The molecule has 1 aromatic rings. The molecule has 0 aromatic heterocycles. The lowest BCUT2D eigenvalue weighted by atomic mass is 10.1. The Balaban J connectivity index is 2.74. The largest absolute Gasteiger partial charge is 0.277 e. The highest BCUT2D eigenvalue weighted by molar-refractivity contribution is 6.23. The quantitative estimate of drug-likeness (QED) is 0.301. The second kappa shape index (κ2) is 3.11. The van der Waals surface area contributed by atoms with Gasteiger partial charge in [0, 0.05) is 12.0 Å². The van der Waals surface area contributed by atoms with Crippen molar-refractivity contribution in [1.29, 1.82) is 0 Å². The van der Waals surface area contributed by atoms with E-state index in [9.17, 15) is 9.59 Å². The van der Waals surface area contributed by atoms with Gasteiger partial charge in [0.1, 0.15) is 0 Å². The van der Waals surface area contributed by atoms with Gasteiger partial charge in [-0.1, -0.05) is 17.2 Å². The van der Waals surface area contributed by atoms with E-state index in [0.29, 0.717) is 0 Å². The van der Waals surface area contributed by atoms with Crippen molar-refractivity contribution < 1.29 is 9.59 Å². The van der Waals surface area contributed by atoms with Gasteiger partial charge in [-0.25, -0.2) is 0 Å². The Labute approximate surface area is 84.7 Å². The van der Waals surface area contributed by atoms with E-state index in [2.05, 4.69) is 10.0 Å². The zero-order chi connectivity index (χ0) is 11.0. The van der Waals surface area contributed by atoms with Gasteiger partial charge in [0.05, 0.1) is 16.8 Å². The van der Waals surface area contributed by atoms with Crippen LogP contribution in [0.2, 0.25) is 0 Å². The minimum absolute atomic E-state index is 0.183. The van der Waals surface area contributed by atoms with Gasteiger partial charge in [-0.3, -0.25) is 14.5 Å². The predicted octanol–water partition coefficient (Wildman–Crippen LogP) is 1.85. The van der Waals surface area contributed by atoms with Crippen molar-refractivity contribution in [2.75, 3.05) is 7.05 Å². The summed E-state index contributed by atoms with van der Waals surface area (Å²) in [5, 5.41) is 3.38. The smallest absolute Gasteiger partial charge is 0.261 e. The number of azide groups is 1. The Kier molecular flexibility index (Phi) is 1.91. The molecule has 0 spiro atoms. The van der Waals surface area contributed by atoms with E-state index in [1.807, 2.05) is 0 Å². The van der Waals surface area contributed by atoms with Crippen molar-refractivity contribution >= 4 is 17.5 Å². The maximum absolute atomic E-state index is 11.6. The van der Waals surface area contributed by atoms with Crippen LogP contribution in [0.1, 0.15) is 20.7 Å². The number of fused-ring (bicyclic) bond motifs is 1. The van der Waals surface area contributed by atoms with E-state index in [4.69, 9.17) is 5.53 Å². The first-order chi connectivity index (χ1) is 7.16. The van der Waals surface area contributed by atoms with Gasteiger partial charge in [0.25, 0.3) is 11.8 Å². The van der Waals surface area contributed by atoms with Gasteiger partial charge >= 0.3 is 0 Å². The Morgan fingerprint density at radius 1 is 1.33 bits per heavy atom. The third-order valence-corrected chi connectivity index (χ3v) is 2.25. The maximum Gasteiger partial charge on any atom is 0.261 e. The average molecular weight is 202 g/mol. The Morgan fingerprint density at radius 3 is 2.73 bits per heavy atom. The summed E-state index contributed by atoms with van der Waals surface area (Å²) in [5.74, 6) is -0.803. The number of carbonyl (C=O) groups is 2. The van der Waals surface area contributed by atoms with Crippen LogP contribution in [-0.4, -0.2) is 23.8 Å². The van der Waals surface area contributed by atoms with Crippen molar-refractivity contribution in [1.82, 2.24) is 4.90 Å². The molecule has 1 aliphatic rings. The number of benzene rings is 1. The molecule has 2 rings (SSSR count). The van der Waals surface area contributed by atoms with E-state index >= 15 is 0 Å². The standard InChI is InChI=1S/C9H6N4O2/c1-13-8(14)5-3-2-4-6(11-12-10)7(5)9(13)15/h2-4H,1H3. The fourth-order valence-electron chi connectivity index (χ4n) is 1.52. The predicted molar refractivity (Wildman–Crippen MR) is 51.7 cm³/mol. The van der Waals surface area contributed by atoms with Crippen LogP contribution in [0.15, 0.2) is 23.3 Å². The fourth-order valence-corrected chi connectivity index (χ4v) is 1.52. The topological polar surface area (TPSA) is 86.1 Å². The first-order valence-corrected chi connectivity index (χ1v) is 4.17. The summed E-state index contributed by atoms with van der Waals surface area (Å²) in [6, 6.07) is 4.62. The number of carbonyl (C=O) groups excluding carboxylic acids is 2. The summed E-state index contributed by atoms with van der Waals surface area (Å²) >= 11 is 0. The number of hydrogen-bond acceptors (Lipinski definition) is 3. The molecule has 0 aliphatic carbocycles. The molecule has 2 amide bonds. The minimum Gasteiger partial charge on any atom is -0.277 e. The van der Waals surface area contributed by atoms with Crippen molar-refractivity contribution in [2.24, 2.45) is 5.11 Å².